The molecule has 4 nitrogen and oxygen atoms in total. The van der Waals surface area contributed by atoms with Crippen LogP contribution in [0.4, 0.5) is 0 Å². The number of hydrogen-bond acceptors (Lipinski definition) is 2. The third-order valence-electron chi connectivity index (χ3n) is 1.40. The third kappa shape index (κ3) is 7.61. The van der Waals surface area contributed by atoms with E-state index >= 15 is 0 Å². The lowest BCUT2D eigenvalue weighted by molar-refractivity contribution is -0.853. The van der Waals surface area contributed by atoms with Crippen LogP contribution in [0.5, 0.6) is 0 Å². The van der Waals surface area contributed by atoms with Crippen LogP contribution in [0, 0.1) is 0 Å². The SMILES string of the molecule is CN(C)C=NC(=CN(C)C)C[NH+](C)C. The highest BCUT2D eigenvalue weighted by Gasteiger charge is 2.00. The Morgan fingerprint density at radius 3 is 2.07 bits per heavy atom. The molecule has 14 heavy (non-hydrogen) atoms. The Hall–Kier alpha value is -1.03. The summed E-state index contributed by atoms with van der Waals surface area (Å²) in [6, 6.07) is 0. The molecule has 0 heterocycles. The first kappa shape index (κ1) is 13.0. The molecular weight excluding hydrogens is 176 g/mol. The summed E-state index contributed by atoms with van der Waals surface area (Å²) in [5.74, 6) is 0. The molecule has 0 bridgehead atoms. The van der Waals surface area contributed by atoms with E-state index in [2.05, 4.69) is 19.1 Å². The van der Waals surface area contributed by atoms with Crippen LogP contribution >= 0.6 is 0 Å². The van der Waals surface area contributed by atoms with Crippen molar-refractivity contribution in [3.05, 3.63) is 11.9 Å². The summed E-state index contributed by atoms with van der Waals surface area (Å²) in [5.41, 5.74) is 1.09. The van der Waals surface area contributed by atoms with E-state index in [1.807, 2.05) is 50.5 Å². The average molecular weight is 199 g/mol. The lowest BCUT2D eigenvalue weighted by atomic mass is 10.4. The predicted octanol–water partition coefficient (Wildman–Crippen LogP) is -0.876. The second-order valence-electron chi connectivity index (χ2n) is 4.18. The van der Waals surface area contributed by atoms with Gasteiger partial charge in [-0.3, -0.25) is 0 Å². The molecule has 0 unspecified atom stereocenters. The van der Waals surface area contributed by atoms with E-state index in [4.69, 9.17) is 0 Å². The van der Waals surface area contributed by atoms with Crippen molar-refractivity contribution in [1.82, 2.24) is 9.80 Å². The third-order valence-corrected chi connectivity index (χ3v) is 1.40. The molecule has 0 aromatic heterocycles. The van der Waals surface area contributed by atoms with Gasteiger partial charge >= 0.3 is 0 Å². The van der Waals surface area contributed by atoms with E-state index in [-0.39, 0.29) is 0 Å². The van der Waals surface area contributed by atoms with Crippen LogP contribution in [-0.4, -0.2) is 65.0 Å². The predicted molar refractivity (Wildman–Crippen MR) is 61.6 cm³/mol. The van der Waals surface area contributed by atoms with E-state index in [1.54, 1.807) is 0 Å². The zero-order valence-electron chi connectivity index (χ0n) is 10.2. The zero-order valence-corrected chi connectivity index (χ0v) is 10.2. The van der Waals surface area contributed by atoms with Gasteiger partial charge in [0, 0.05) is 34.4 Å². The van der Waals surface area contributed by atoms with Crippen molar-refractivity contribution in [3.8, 4) is 0 Å². The maximum absolute atomic E-state index is 4.40. The Morgan fingerprint density at radius 2 is 1.71 bits per heavy atom. The second kappa shape index (κ2) is 6.43. The molecule has 0 aliphatic rings. The van der Waals surface area contributed by atoms with Crippen LogP contribution in [0.2, 0.25) is 0 Å². The standard InChI is InChI=1S/C10H22N4/c1-12(2)7-10(8-13(3)4)11-9-14(5)6/h7,9H,8H2,1-6H3/p+1. The highest BCUT2D eigenvalue weighted by Crippen LogP contribution is 1.93. The Balaban J connectivity index is 4.40. The van der Waals surface area contributed by atoms with Gasteiger partial charge in [-0.05, 0) is 0 Å². The fourth-order valence-electron chi connectivity index (χ4n) is 0.975. The van der Waals surface area contributed by atoms with Crippen LogP contribution in [0.1, 0.15) is 0 Å². The molecule has 0 spiro atoms. The molecule has 0 aliphatic carbocycles. The summed E-state index contributed by atoms with van der Waals surface area (Å²) in [7, 11) is 12.2. The molecule has 0 aromatic carbocycles. The molecule has 0 aliphatic heterocycles. The van der Waals surface area contributed by atoms with Gasteiger partial charge in [0.1, 0.15) is 12.2 Å². The minimum atomic E-state index is 0.933. The molecule has 1 N–H and O–H groups in total. The minimum absolute atomic E-state index is 0.933. The van der Waals surface area contributed by atoms with E-state index in [1.165, 1.54) is 4.90 Å². The molecule has 0 aromatic rings. The Morgan fingerprint density at radius 1 is 1.14 bits per heavy atom. The summed E-state index contributed by atoms with van der Waals surface area (Å²) >= 11 is 0. The number of rotatable bonds is 5. The molecule has 0 saturated carbocycles. The van der Waals surface area contributed by atoms with Gasteiger partial charge in [-0.25, -0.2) is 4.99 Å². The quantitative estimate of drug-likeness (QED) is 0.459. The summed E-state index contributed by atoms with van der Waals surface area (Å²) in [4.78, 5) is 9.73. The van der Waals surface area contributed by atoms with Crippen LogP contribution in [0.15, 0.2) is 16.9 Å². The number of nitrogens with one attached hydrogen (secondary N) is 1. The summed E-state index contributed by atoms with van der Waals surface area (Å²) < 4.78 is 0. The molecule has 82 valence electrons. The molecular formula is C10H23N4+. The van der Waals surface area contributed by atoms with Gasteiger partial charge in [-0.2, -0.15) is 0 Å². The number of likely N-dealkylation sites (N-methyl/N-ethyl adjacent to an activating group) is 1. The number of aliphatic imine (C=N–C) groups is 1. The summed E-state index contributed by atoms with van der Waals surface area (Å²) in [6.07, 6.45) is 3.88. The Labute approximate surface area is 87.5 Å². The van der Waals surface area contributed by atoms with Gasteiger partial charge in [0.25, 0.3) is 0 Å². The summed E-state index contributed by atoms with van der Waals surface area (Å²) in [6.45, 7) is 0.933. The van der Waals surface area contributed by atoms with E-state index in [9.17, 15) is 0 Å². The highest BCUT2D eigenvalue weighted by atomic mass is 15.1. The largest absolute Gasteiger partial charge is 0.382 e. The lowest BCUT2D eigenvalue weighted by Gasteiger charge is -2.11. The fourth-order valence-corrected chi connectivity index (χ4v) is 0.975. The van der Waals surface area contributed by atoms with Crippen molar-refractivity contribution in [1.29, 1.82) is 0 Å². The first-order chi connectivity index (χ1) is 6.41. The van der Waals surface area contributed by atoms with Gasteiger partial charge < -0.3 is 14.7 Å². The number of hydrogen-bond donors (Lipinski definition) is 1. The van der Waals surface area contributed by atoms with Gasteiger partial charge in [-0.1, -0.05) is 0 Å². The smallest absolute Gasteiger partial charge is 0.121 e. The summed E-state index contributed by atoms with van der Waals surface area (Å²) in [5, 5.41) is 0. The maximum Gasteiger partial charge on any atom is 0.121 e. The second-order valence-corrected chi connectivity index (χ2v) is 4.18. The molecule has 0 fully saturated rings. The normalized spacial score (nSPS) is 12.6. The van der Waals surface area contributed by atoms with Gasteiger partial charge in [-0.15, -0.1) is 0 Å². The topological polar surface area (TPSA) is 23.3 Å². The molecule has 0 saturated heterocycles. The van der Waals surface area contributed by atoms with Crippen LogP contribution in [0.3, 0.4) is 0 Å². The van der Waals surface area contributed by atoms with Crippen molar-refractivity contribution in [2.24, 2.45) is 4.99 Å². The van der Waals surface area contributed by atoms with Gasteiger partial charge in [0.2, 0.25) is 0 Å². The van der Waals surface area contributed by atoms with Crippen molar-refractivity contribution >= 4 is 6.34 Å². The van der Waals surface area contributed by atoms with Crippen molar-refractivity contribution in [2.45, 2.75) is 0 Å². The Kier molecular flexibility index (Phi) is 5.95. The number of nitrogens with zero attached hydrogens (tertiary/aromatic N) is 3. The van der Waals surface area contributed by atoms with Crippen molar-refractivity contribution in [3.63, 3.8) is 0 Å². The molecule has 0 rings (SSSR count). The lowest BCUT2D eigenvalue weighted by Crippen LogP contribution is -3.05. The van der Waals surface area contributed by atoms with E-state index in [0.29, 0.717) is 0 Å². The van der Waals surface area contributed by atoms with E-state index < -0.39 is 0 Å². The first-order valence-corrected chi connectivity index (χ1v) is 4.78. The van der Waals surface area contributed by atoms with Crippen molar-refractivity contribution < 1.29 is 4.90 Å². The molecule has 0 amide bonds. The fraction of sp³-hybridized carbons (Fsp3) is 0.700. The molecule has 0 radical (unpaired) electrons. The highest BCUT2D eigenvalue weighted by molar-refractivity contribution is 5.55. The average Bonchev–Trinajstić information content (AvgIpc) is 1.97. The van der Waals surface area contributed by atoms with Gasteiger partial charge in [0.15, 0.2) is 0 Å². The molecule has 4 heteroatoms. The first-order valence-electron chi connectivity index (χ1n) is 4.78. The number of quaternary nitrogens is 1. The molecule has 0 atom stereocenters. The maximum atomic E-state index is 4.40. The van der Waals surface area contributed by atoms with Crippen LogP contribution in [0.25, 0.3) is 0 Å². The Bertz CT molecular complexity index is 204. The minimum Gasteiger partial charge on any atom is -0.382 e. The van der Waals surface area contributed by atoms with Gasteiger partial charge in [0.05, 0.1) is 20.4 Å². The van der Waals surface area contributed by atoms with E-state index in [0.717, 1.165) is 12.2 Å². The zero-order chi connectivity index (χ0) is 11.1. The van der Waals surface area contributed by atoms with Crippen molar-refractivity contribution in [2.75, 3.05) is 48.8 Å². The monoisotopic (exact) mass is 199 g/mol. The van der Waals surface area contributed by atoms with Crippen LogP contribution in [-0.2, 0) is 0 Å². The van der Waals surface area contributed by atoms with Crippen LogP contribution < -0.4 is 4.90 Å².